The van der Waals surface area contributed by atoms with E-state index in [1.54, 1.807) is 31.2 Å². The number of nitrogens with one attached hydrogen (secondary N) is 1. The Kier molecular flexibility index (Phi) is 5.21. The Balaban J connectivity index is 2.09. The topological polar surface area (TPSA) is 92.4 Å². The highest BCUT2D eigenvalue weighted by molar-refractivity contribution is 8.00. The van der Waals surface area contributed by atoms with E-state index in [4.69, 9.17) is 9.63 Å². The monoisotopic (exact) mass is 320 g/mol. The molecule has 0 radical (unpaired) electrons. The number of carbonyl (C=O) groups is 2. The van der Waals surface area contributed by atoms with Crippen LogP contribution in [-0.4, -0.2) is 27.4 Å². The fraction of sp³-hybridized carbons (Fsp3) is 0.267. The van der Waals surface area contributed by atoms with Crippen LogP contribution in [0.4, 0.5) is 0 Å². The molecular weight excluding hydrogens is 304 g/mol. The molecule has 1 aromatic carbocycles. The molecule has 0 aliphatic heterocycles. The summed E-state index contributed by atoms with van der Waals surface area (Å²) in [7, 11) is 0. The Labute approximate surface area is 131 Å². The first kappa shape index (κ1) is 16.1. The first-order valence-electron chi connectivity index (χ1n) is 6.65. The Bertz CT molecular complexity index is 684. The first-order chi connectivity index (χ1) is 10.5. The van der Waals surface area contributed by atoms with Crippen molar-refractivity contribution < 1.29 is 19.2 Å². The Morgan fingerprint density at radius 3 is 2.77 bits per heavy atom. The van der Waals surface area contributed by atoms with E-state index in [1.807, 2.05) is 6.92 Å². The Morgan fingerprint density at radius 1 is 1.41 bits per heavy atom. The molecule has 0 fully saturated rings. The Morgan fingerprint density at radius 2 is 2.14 bits per heavy atom. The summed E-state index contributed by atoms with van der Waals surface area (Å²) >= 11 is 1.14. The zero-order valence-corrected chi connectivity index (χ0v) is 13.0. The highest BCUT2D eigenvalue weighted by Crippen LogP contribution is 2.27. The summed E-state index contributed by atoms with van der Waals surface area (Å²) in [6, 6.07) is 6.92. The fourth-order valence-electron chi connectivity index (χ4n) is 1.74. The molecule has 1 atom stereocenters. The highest BCUT2D eigenvalue weighted by atomic mass is 32.2. The molecule has 1 amide bonds. The van der Waals surface area contributed by atoms with Crippen LogP contribution in [0.15, 0.2) is 39.9 Å². The van der Waals surface area contributed by atoms with E-state index in [-0.39, 0.29) is 12.5 Å². The number of nitrogens with zero attached hydrogens (tertiary/aromatic N) is 1. The van der Waals surface area contributed by atoms with E-state index in [1.165, 1.54) is 6.26 Å². The molecule has 7 heteroatoms. The van der Waals surface area contributed by atoms with Gasteiger partial charge in [-0.1, -0.05) is 17.3 Å². The molecule has 0 aliphatic rings. The van der Waals surface area contributed by atoms with E-state index >= 15 is 0 Å². The van der Waals surface area contributed by atoms with Gasteiger partial charge in [0, 0.05) is 10.5 Å². The molecule has 1 heterocycles. The quantitative estimate of drug-likeness (QED) is 0.794. The lowest BCUT2D eigenvalue weighted by Crippen LogP contribution is -2.24. The van der Waals surface area contributed by atoms with Crippen molar-refractivity contribution in [1.29, 1.82) is 0 Å². The van der Waals surface area contributed by atoms with Crippen LogP contribution in [0, 0.1) is 6.92 Å². The number of carboxylic acids is 1. The summed E-state index contributed by atoms with van der Waals surface area (Å²) in [5, 5.41) is 14.9. The number of aryl methyl sites for hydroxylation is 1. The van der Waals surface area contributed by atoms with Crippen LogP contribution < -0.4 is 5.32 Å². The van der Waals surface area contributed by atoms with E-state index in [0.717, 1.165) is 17.3 Å². The van der Waals surface area contributed by atoms with Gasteiger partial charge < -0.3 is 14.9 Å². The average Bonchev–Trinajstić information content (AvgIpc) is 2.90. The number of hydrogen-bond acceptors (Lipinski definition) is 5. The second-order valence-electron chi connectivity index (χ2n) is 4.72. The van der Waals surface area contributed by atoms with Crippen LogP contribution in [0.3, 0.4) is 0 Å². The maximum Gasteiger partial charge on any atom is 0.316 e. The van der Waals surface area contributed by atoms with Gasteiger partial charge in [-0.25, -0.2) is 0 Å². The minimum absolute atomic E-state index is 0.259. The molecular formula is C15H16N2O4S. The molecule has 0 bridgehead atoms. The molecule has 116 valence electrons. The predicted octanol–water partition coefficient (Wildman–Crippen LogP) is 2.48. The maximum atomic E-state index is 12.3. The number of benzene rings is 1. The minimum atomic E-state index is -0.918. The average molecular weight is 320 g/mol. The second-order valence-corrected chi connectivity index (χ2v) is 6.10. The van der Waals surface area contributed by atoms with Gasteiger partial charge in [-0.05, 0) is 26.0 Å². The Hall–Kier alpha value is -2.28. The van der Waals surface area contributed by atoms with Crippen molar-refractivity contribution in [3.63, 3.8) is 0 Å². The SMILES string of the molecule is Cc1conc1CNC(=O)c1ccccc1SC(C)C(=O)O. The molecule has 0 aliphatic carbocycles. The number of amides is 1. The van der Waals surface area contributed by atoms with Crippen molar-refractivity contribution in [3.05, 3.63) is 47.3 Å². The number of aliphatic carboxylic acids is 1. The number of aromatic nitrogens is 1. The molecule has 0 spiro atoms. The third-order valence-electron chi connectivity index (χ3n) is 3.05. The number of carboxylic acid groups (broad SMARTS) is 1. The predicted molar refractivity (Wildman–Crippen MR) is 81.8 cm³/mol. The van der Waals surface area contributed by atoms with Crippen LogP contribution in [0.2, 0.25) is 0 Å². The van der Waals surface area contributed by atoms with Gasteiger partial charge in [-0.2, -0.15) is 0 Å². The molecule has 2 aromatic rings. The molecule has 2 N–H and O–H groups in total. The van der Waals surface area contributed by atoms with Crippen LogP contribution in [-0.2, 0) is 11.3 Å². The summed E-state index contributed by atoms with van der Waals surface area (Å²) in [5.74, 6) is -1.19. The normalized spacial score (nSPS) is 11.9. The standard InChI is InChI=1S/C15H16N2O4S/c1-9-8-21-17-12(9)7-16-14(18)11-5-3-4-6-13(11)22-10(2)15(19)20/h3-6,8,10H,7H2,1-2H3,(H,16,18)(H,19,20). The third-order valence-corrected chi connectivity index (χ3v) is 4.21. The molecule has 1 aromatic heterocycles. The smallest absolute Gasteiger partial charge is 0.316 e. The van der Waals surface area contributed by atoms with Crippen LogP contribution in [0.1, 0.15) is 28.5 Å². The van der Waals surface area contributed by atoms with Gasteiger partial charge in [0.2, 0.25) is 0 Å². The summed E-state index contributed by atoms with van der Waals surface area (Å²) in [6.45, 7) is 3.69. The summed E-state index contributed by atoms with van der Waals surface area (Å²) < 4.78 is 4.82. The largest absolute Gasteiger partial charge is 0.480 e. The van der Waals surface area contributed by atoms with Gasteiger partial charge >= 0.3 is 5.97 Å². The van der Waals surface area contributed by atoms with Gasteiger partial charge in [0.25, 0.3) is 5.91 Å². The van der Waals surface area contributed by atoms with Crippen molar-refractivity contribution in [2.75, 3.05) is 0 Å². The van der Waals surface area contributed by atoms with Gasteiger partial charge in [0.05, 0.1) is 12.1 Å². The number of rotatable bonds is 6. The van der Waals surface area contributed by atoms with E-state index < -0.39 is 11.2 Å². The molecule has 2 rings (SSSR count). The third kappa shape index (κ3) is 3.88. The maximum absolute atomic E-state index is 12.3. The van der Waals surface area contributed by atoms with E-state index in [0.29, 0.717) is 16.2 Å². The van der Waals surface area contributed by atoms with Gasteiger partial charge in [0.15, 0.2) is 0 Å². The van der Waals surface area contributed by atoms with E-state index in [9.17, 15) is 9.59 Å². The van der Waals surface area contributed by atoms with Crippen molar-refractivity contribution in [2.24, 2.45) is 0 Å². The summed E-state index contributed by atoms with van der Waals surface area (Å²) in [5.41, 5.74) is 1.97. The van der Waals surface area contributed by atoms with Gasteiger partial charge in [-0.15, -0.1) is 11.8 Å². The number of thioether (sulfide) groups is 1. The number of hydrogen-bond donors (Lipinski definition) is 2. The molecule has 22 heavy (non-hydrogen) atoms. The first-order valence-corrected chi connectivity index (χ1v) is 7.53. The summed E-state index contributed by atoms with van der Waals surface area (Å²) in [4.78, 5) is 23.9. The van der Waals surface area contributed by atoms with Crippen molar-refractivity contribution in [1.82, 2.24) is 10.5 Å². The highest BCUT2D eigenvalue weighted by Gasteiger charge is 2.18. The lowest BCUT2D eigenvalue weighted by atomic mass is 10.2. The van der Waals surface area contributed by atoms with Crippen molar-refractivity contribution in [2.45, 2.75) is 30.5 Å². The lowest BCUT2D eigenvalue weighted by Gasteiger charge is -2.11. The zero-order valence-electron chi connectivity index (χ0n) is 12.2. The lowest BCUT2D eigenvalue weighted by molar-refractivity contribution is -0.136. The zero-order chi connectivity index (χ0) is 16.1. The molecule has 1 unspecified atom stereocenters. The summed E-state index contributed by atoms with van der Waals surface area (Å²) in [6.07, 6.45) is 1.51. The van der Waals surface area contributed by atoms with Crippen molar-refractivity contribution >= 4 is 23.6 Å². The van der Waals surface area contributed by atoms with Crippen LogP contribution >= 0.6 is 11.8 Å². The molecule has 6 nitrogen and oxygen atoms in total. The molecule has 0 saturated carbocycles. The van der Waals surface area contributed by atoms with Gasteiger partial charge in [-0.3, -0.25) is 9.59 Å². The minimum Gasteiger partial charge on any atom is -0.480 e. The van der Waals surface area contributed by atoms with Gasteiger partial charge in [0.1, 0.15) is 17.2 Å². The van der Waals surface area contributed by atoms with Crippen LogP contribution in [0.25, 0.3) is 0 Å². The fourth-order valence-corrected chi connectivity index (χ4v) is 2.66. The molecule has 0 saturated heterocycles. The van der Waals surface area contributed by atoms with Crippen LogP contribution in [0.5, 0.6) is 0 Å². The van der Waals surface area contributed by atoms with E-state index in [2.05, 4.69) is 10.5 Å². The second kappa shape index (κ2) is 7.13. The number of carbonyl (C=O) groups excluding carboxylic acids is 1. The van der Waals surface area contributed by atoms with Crippen molar-refractivity contribution in [3.8, 4) is 0 Å².